The Morgan fingerprint density at radius 3 is 2.19 bits per heavy atom. The van der Waals surface area contributed by atoms with E-state index in [1.165, 1.54) is 0 Å². The number of furan rings is 1. The molecule has 1 aromatic heterocycles. The molecule has 2 rings (SSSR count). The fraction of sp³-hybridized carbons (Fsp3) is 0.381. The van der Waals surface area contributed by atoms with Gasteiger partial charge in [0, 0.05) is 23.2 Å². The molecule has 0 unspecified atom stereocenters. The van der Waals surface area contributed by atoms with Crippen molar-refractivity contribution >= 4 is 23.3 Å². The van der Waals surface area contributed by atoms with E-state index in [-0.39, 0.29) is 24.2 Å². The van der Waals surface area contributed by atoms with Crippen molar-refractivity contribution in [3.05, 3.63) is 52.5 Å². The molecule has 1 aromatic carbocycles. The average Bonchev–Trinajstić information content (AvgIpc) is 2.84. The number of amides is 1. The number of esters is 1. The number of carbonyl (C=O) groups excluding carboxylic acids is 3. The molecule has 144 valence electrons. The van der Waals surface area contributed by atoms with Gasteiger partial charge in [-0.15, -0.1) is 0 Å². The van der Waals surface area contributed by atoms with Gasteiger partial charge in [0.1, 0.15) is 17.1 Å². The molecule has 0 aliphatic heterocycles. The minimum Gasteiger partial charge on any atom is -0.465 e. The van der Waals surface area contributed by atoms with Crippen molar-refractivity contribution in [1.82, 2.24) is 0 Å². The van der Waals surface area contributed by atoms with Gasteiger partial charge in [-0.2, -0.15) is 0 Å². The third-order valence-corrected chi connectivity index (χ3v) is 4.18. The second kappa shape index (κ2) is 8.66. The number of aryl methyl sites for hydroxylation is 2. The van der Waals surface area contributed by atoms with E-state index in [1.54, 1.807) is 45.0 Å². The van der Waals surface area contributed by atoms with E-state index in [9.17, 15) is 14.4 Å². The Morgan fingerprint density at radius 2 is 1.67 bits per heavy atom. The molecule has 6 heteroatoms. The van der Waals surface area contributed by atoms with Gasteiger partial charge in [0.2, 0.25) is 5.91 Å². The van der Waals surface area contributed by atoms with E-state index >= 15 is 0 Å². The molecular weight excluding hydrogens is 346 g/mol. The molecule has 0 bridgehead atoms. The standard InChI is InChI=1S/C21H25NO5/c1-12(2)10-19(24)22-17-8-6-16(7-9-17)18(23)11-26-21(25)20-13(3)14(4)27-15(20)5/h6-9,12H,10-11H2,1-5H3,(H,22,24). The predicted octanol–water partition coefficient (Wildman–Crippen LogP) is 4.23. The zero-order valence-electron chi connectivity index (χ0n) is 16.3. The highest BCUT2D eigenvalue weighted by atomic mass is 16.5. The number of carbonyl (C=O) groups is 3. The van der Waals surface area contributed by atoms with Crippen LogP contribution in [0.2, 0.25) is 0 Å². The predicted molar refractivity (Wildman–Crippen MR) is 102 cm³/mol. The second-order valence-electron chi connectivity index (χ2n) is 6.94. The Kier molecular flexibility index (Phi) is 6.55. The highest BCUT2D eigenvalue weighted by Gasteiger charge is 2.21. The maximum Gasteiger partial charge on any atom is 0.342 e. The van der Waals surface area contributed by atoms with Crippen LogP contribution in [-0.2, 0) is 9.53 Å². The monoisotopic (exact) mass is 371 g/mol. The van der Waals surface area contributed by atoms with Gasteiger partial charge in [0.15, 0.2) is 12.4 Å². The Bertz CT molecular complexity index is 846. The fourth-order valence-corrected chi connectivity index (χ4v) is 2.70. The summed E-state index contributed by atoms with van der Waals surface area (Å²) in [4.78, 5) is 36.2. The summed E-state index contributed by atoms with van der Waals surface area (Å²) in [6.07, 6.45) is 0.433. The summed E-state index contributed by atoms with van der Waals surface area (Å²) >= 11 is 0. The van der Waals surface area contributed by atoms with Gasteiger partial charge < -0.3 is 14.5 Å². The summed E-state index contributed by atoms with van der Waals surface area (Å²) in [5.41, 5.74) is 2.10. The van der Waals surface area contributed by atoms with E-state index in [0.29, 0.717) is 40.3 Å². The van der Waals surface area contributed by atoms with Crippen LogP contribution in [0, 0.1) is 26.7 Å². The van der Waals surface area contributed by atoms with E-state index < -0.39 is 5.97 Å². The van der Waals surface area contributed by atoms with Crippen LogP contribution >= 0.6 is 0 Å². The number of ether oxygens (including phenoxy) is 1. The van der Waals surface area contributed by atoms with Crippen molar-refractivity contribution in [3.63, 3.8) is 0 Å². The van der Waals surface area contributed by atoms with Crippen molar-refractivity contribution in [2.24, 2.45) is 5.92 Å². The Balaban J connectivity index is 1.94. The molecule has 1 heterocycles. The number of hydrogen-bond donors (Lipinski definition) is 1. The first kappa shape index (κ1) is 20.4. The van der Waals surface area contributed by atoms with E-state index in [2.05, 4.69) is 5.32 Å². The first-order valence-corrected chi connectivity index (χ1v) is 8.85. The lowest BCUT2D eigenvalue weighted by Crippen LogP contribution is -2.16. The van der Waals surface area contributed by atoms with Crippen molar-refractivity contribution in [3.8, 4) is 0 Å². The fourth-order valence-electron chi connectivity index (χ4n) is 2.70. The van der Waals surface area contributed by atoms with Gasteiger partial charge in [0.05, 0.1) is 0 Å². The van der Waals surface area contributed by atoms with E-state index in [1.807, 2.05) is 13.8 Å². The molecule has 0 aliphatic rings. The summed E-state index contributed by atoms with van der Waals surface area (Å²) in [5.74, 6) is 0.433. The lowest BCUT2D eigenvalue weighted by molar-refractivity contribution is -0.116. The van der Waals surface area contributed by atoms with Crippen molar-refractivity contribution in [1.29, 1.82) is 0 Å². The van der Waals surface area contributed by atoms with Crippen LogP contribution in [0.5, 0.6) is 0 Å². The van der Waals surface area contributed by atoms with Gasteiger partial charge in [-0.3, -0.25) is 9.59 Å². The number of nitrogens with one attached hydrogen (secondary N) is 1. The number of hydrogen-bond acceptors (Lipinski definition) is 5. The zero-order chi connectivity index (χ0) is 20.1. The summed E-state index contributed by atoms with van der Waals surface area (Å²) in [5, 5.41) is 2.78. The first-order valence-electron chi connectivity index (χ1n) is 8.85. The number of anilines is 1. The number of Topliss-reactive ketones (excluding diaryl/α,β-unsaturated/α-hetero) is 1. The second-order valence-corrected chi connectivity index (χ2v) is 6.94. The molecule has 0 saturated carbocycles. The molecule has 1 N–H and O–H groups in total. The molecule has 0 spiro atoms. The highest BCUT2D eigenvalue weighted by Crippen LogP contribution is 2.21. The molecule has 0 saturated heterocycles. The number of benzene rings is 1. The normalized spacial score (nSPS) is 10.7. The van der Waals surface area contributed by atoms with Crippen LogP contribution in [0.15, 0.2) is 28.7 Å². The number of rotatable bonds is 7. The van der Waals surface area contributed by atoms with Gasteiger partial charge in [0.25, 0.3) is 0 Å². The van der Waals surface area contributed by atoms with Crippen LogP contribution in [0.4, 0.5) is 5.69 Å². The van der Waals surface area contributed by atoms with E-state index in [0.717, 1.165) is 0 Å². The molecule has 0 atom stereocenters. The van der Waals surface area contributed by atoms with Gasteiger partial charge >= 0.3 is 5.97 Å². The Hall–Kier alpha value is -2.89. The van der Waals surface area contributed by atoms with Gasteiger partial charge in [-0.25, -0.2) is 4.79 Å². The zero-order valence-corrected chi connectivity index (χ0v) is 16.3. The van der Waals surface area contributed by atoms with Crippen LogP contribution in [0.25, 0.3) is 0 Å². The molecule has 0 fully saturated rings. The Labute approximate surface area is 158 Å². The molecule has 2 aromatic rings. The van der Waals surface area contributed by atoms with Crippen molar-refractivity contribution in [2.45, 2.75) is 41.0 Å². The van der Waals surface area contributed by atoms with Crippen molar-refractivity contribution in [2.75, 3.05) is 11.9 Å². The lowest BCUT2D eigenvalue weighted by Gasteiger charge is -2.08. The molecule has 0 radical (unpaired) electrons. The minimum atomic E-state index is -0.576. The average molecular weight is 371 g/mol. The Morgan fingerprint density at radius 1 is 1.04 bits per heavy atom. The first-order chi connectivity index (χ1) is 12.7. The molecule has 0 aliphatic carbocycles. The summed E-state index contributed by atoms with van der Waals surface area (Å²) in [6.45, 7) is 8.81. The lowest BCUT2D eigenvalue weighted by atomic mass is 10.1. The molecule has 1 amide bonds. The SMILES string of the molecule is Cc1oc(C)c(C(=O)OCC(=O)c2ccc(NC(=O)CC(C)C)cc2)c1C. The molecular formula is C21H25NO5. The minimum absolute atomic E-state index is 0.0702. The van der Waals surface area contributed by atoms with Crippen LogP contribution in [0.3, 0.4) is 0 Å². The molecule has 6 nitrogen and oxygen atoms in total. The number of ketones is 1. The quantitative estimate of drug-likeness (QED) is 0.581. The molecule has 27 heavy (non-hydrogen) atoms. The van der Waals surface area contributed by atoms with Crippen LogP contribution < -0.4 is 5.32 Å². The largest absolute Gasteiger partial charge is 0.465 e. The topological polar surface area (TPSA) is 85.6 Å². The summed E-state index contributed by atoms with van der Waals surface area (Å²) < 4.78 is 10.5. The van der Waals surface area contributed by atoms with E-state index in [4.69, 9.17) is 9.15 Å². The van der Waals surface area contributed by atoms with Crippen molar-refractivity contribution < 1.29 is 23.5 Å². The van der Waals surface area contributed by atoms with Crippen LogP contribution in [-0.4, -0.2) is 24.3 Å². The smallest absolute Gasteiger partial charge is 0.342 e. The van der Waals surface area contributed by atoms with Crippen LogP contribution in [0.1, 0.15) is 58.1 Å². The summed E-state index contributed by atoms with van der Waals surface area (Å²) in [7, 11) is 0. The third kappa shape index (κ3) is 5.29. The maximum atomic E-state index is 12.2. The summed E-state index contributed by atoms with van der Waals surface area (Å²) in [6, 6.07) is 6.50. The van der Waals surface area contributed by atoms with Gasteiger partial charge in [-0.1, -0.05) is 13.8 Å². The van der Waals surface area contributed by atoms with Gasteiger partial charge in [-0.05, 0) is 51.0 Å². The highest BCUT2D eigenvalue weighted by molar-refractivity contribution is 6.00. The third-order valence-electron chi connectivity index (χ3n) is 4.18. The maximum absolute atomic E-state index is 12.2.